The number of hydrogen-bond acceptors (Lipinski definition) is 5. The van der Waals surface area contributed by atoms with Gasteiger partial charge >= 0.3 is 12.0 Å². The molecule has 0 saturated heterocycles. The summed E-state index contributed by atoms with van der Waals surface area (Å²) in [5, 5.41) is 11.3. The van der Waals surface area contributed by atoms with E-state index in [1.165, 1.54) is 11.3 Å². The van der Waals surface area contributed by atoms with Crippen molar-refractivity contribution in [3.8, 4) is 0 Å². The number of carbonyl (C=O) groups is 2. The third-order valence-corrected chi connectivity index (χ3v) is 3.80. The van der Waals surface area contributed by atoms with Crippen LogP contribution in [0.4, 0.5) is 4.79 Å². The number of carbonyl (C=O) groups excluding carboxylic acids is 1. The van der Waals surface area contributed by atoms with Gasteiger partial charge in [-0.2, -0.15) is 0 Å². The zero-order valence-corrected chi connectivity index (χ0v) is 13.1. The summed E-state index contributed by atoms with van der Waals surface area (Å²) in [5.41, 5.74) is 2.67. The zero-order chi connectivity index (χ0) is 15.7. The molecule has 0 bridgehead atoms. The number of carboxylic acid groups (broad SMARTS) is 1. The van der Waals surface area contributed by atoms with Gasteiger partial charge in [-0.15, -0.1) is 11.3 Å². The van der Waals surface area contributed by atoms with Crippen molar-refractivity contribution in [3.05, 3.63) is 16.1 Å². The second-order valence-electron chi connectivity index (χ2n) is 4.50. The Bertz CT molecular complexity index is 464. The summed E-state index contributed by atoms with van der Waals surface area (Å²) in [6.07, 6.45) is 0.463. The van der Waals surface area contributed by atoms with Gasteiger partial charge in [0, 0.05) is 31.5 Å². The Morgan fingerprint density at radius 1 is 1.52 bits per heavy atom. The average molecular weight is 315 g/mol. The molecule has 1 heterocycles. The first-order chi connectivity index (χ1) is 10.0. The maximum absolute atomic E-state index is 12.1. The van der Waals surface area contributed by atoms with Gasteiger partial charge in [-0.3, -0.25) is 4.79 Å². The van der Waals surface area contributed by atoms with Crippen LogP contribution in [0.3, 0.4) is 0 Å². The Labute approximate surface area is 127 Å². The number of rotatable bonds is 9. The number of nitrogens with zero attached hydrogens (tertiary/aromatic N) is 2. The summed E-state index contributed by atoms with van der Waals surface area (Å²) in [4.78, 5) is 29.4. The van der Waals surface area contributed by atoms with Crippen LogP contribution in [0, 0.1) is 6.92 Å². The van der Waals surface area contributed by atoms with E-state index in [0.29, 0.717) is 32.7 Å². The highest BCUT2D eigenvalue weighted by Gasteiger charge is 2.15. The zero-order valence-electron chi connectivity index (χ0n) is 12.3. The number of carboxylic acids is 1. The van der Waals surface area contributed by atoms with Gasteiger partial charge in [0.15, 0.2) is 0 Å². The lowest BCUT2D eigenvalue weighted by atomic mass is 10.3. The van der Waals surface area contributed by atoms with Crippen molar-refractivity contribution in [2.75, 3.05) is 26.8 Å². The smallest absolute Gasteiger partial charge is 0.317 e. The van der Waals surface area contributed by atoms with Crippen molar-refractivity contribution in [2.24, 2.45) is 0 Å². The van der Waals surface area contributed by atoms with Crippen molar-refractivity contribution in [1.82, 2.24) is 15.2 Å². The van der Waals surface area contributed by atoms with Crippen LogP contribution in [-0.2, 0) is 16.1 Å². The SMILES string of the molecule is COCCN(Cc1scnc1C)C(=O)NCCCC(=O)O. The van der Waals surface area contributed by atoms with E-state index in [2.05, 4.69) is 10.3 Å². The predicted molar refractivity (Wildman–Crippen MR) is 79.4 cm³/mol. The van der Waals surface area contributed by atoms with Gasteiger partial charge in [-0.1, -0.05) is 0 Å². The second kappa shape index (κ2) is 9.30. The summed E-state index contributed by atoms with van der Waals surface area (Å²) in [6, 6.07) is -0.217. The van der Waals surface area contributed by atoms with E-state index in [1.807, 2.05) is 6.92 Å². The van der Waals surface area contributed by atoms with Gasteiger partial charge in [0.2, 0.25) is 0 Å². The van der Waals surface area contributed by atoms with Crippen LogP contribution >= 0.6 is 11.3 Å². The fourth-order valence-electron chi connectivity index (χ4n) is 1.65. The molecule has 0 fully saturated rings. The molecule has 0 aromatic carbocycles. The van der Waals surface area contributed by atoms with Gasteiger partial charge in [0.25, 0.3) is 0 Å². The Balaban J connectivity index is 2.49. The Morgan fingerprint density at radius 3 is 2.86 bits per heavy atom. The molecule has 0 unspecified atom stereocenters. The van der Waals surface area contributed by atoms with Gasteiger partial charge in [0.05, 0.1) is 24.4 Å². The minimum absolute atomic E-state index is 0.0479. The highest BCUT2D eigenvalue weighted by atomic mass is 32.1. The number of aromatic nitrogens is 1. The van der Waals surface area contributed by atoms with Crippen molar-refractivity contribution in [2.45, 2.75) is 26.3 Å². The number of aryl methyl sites for hydroxylation is 1. The standard InChI is InChI=1S/C13H21N3O4S/c1-10-11(21-9-15-10)8-16(6-7-20-2)13(19)14-5-3-4-12(17)18/h9H,3-8H2,1-2H3,(H,14,19)(H,17,18). The van der Waals surface area contributed by atoms with Crippen molar-refractivity contribution in [1.29, 1.82) is 0 Å². The molecule has 1 rings (SSSR count). The molecule has 0 spiro atoms. The van der Waals surface area contributed by atoms with E-state index in [1.54, 1.807) is 17.5 Å². The quantitative estimate of drug-likeness (QED) is 0.673. The molecule has 2 amide bonds. The summed E-state index contributed by atoms with van der Waals surface area (Å²) >= 11 is 1.51. The number of urea groups is 1. The number of amides is 2. The molecule has 2 N–H and O–H groups in total. The molecule has 0 saturated carbocycles. The molecule has 8 heteroatoms. The summed E-state index contributed by atoms with van der Waals surface area (Å²) in [6.45, 7) is 3.64. The molecular weight excluding hydrogens is 294 g/mol. The maximum atomic E-state index is 12.1. The minimum atomic E-state index is -0.860. The normalized spacial score (nSPS) is 10.4. The number of hydrogen-bond donors (Lipinski definition) is 2. The van der Waals surface area contributed by atoms with Crippen LogP contribution < -0.4 is 5.32 Å². The molecule has 0 aliphatic heterocycles. The van der Waals surface area contributed by atoms with Crippen LogP contribution in [0.25, 0.3) is 0 Å². The third-order valence-electron chi connectivity index (χ3n) is 2.88. The van der Waals surface area contributed by atoms with E-state index < -0.39 is 5.97 Å². The fourth-order valence-corrected chi connectivity index (χ4v) is 2.44. The average Bonchev–Trinajstić information content (AvgIpc) is 2.84. The van der Waals surface area contributed by atoms with Crippen molar-refractivity contribution in [3.63, 3.8) is 0 Å². The first kappa shape index (κ1) is 17.4. The predicted octanol–water partition coefficient (Wildman–Crippen LogP) is 1.47. The number of nitrogens with one attached hydrogen (secondary N) is 1. The first-order valence-corrected chi connectivity index (χ1v) is 7.55. The van der Waals surface area contributed by atoms with E-state index in [-0.39, 0.29) is 12.5 Å². The number of aliphatic carboxylic acids is 1. The lowest BCUT2D eigenvalue weighted by Crippen LogP contribution is -2.41. The molecule has 1 aromatic rings. The lowest BCUT2D eigenvalue weighted by Gasteiger charge is -2.22. The molecule has 0 radical (unpaired) electrons. The molecule has 0 atom stereocenters. The molecule has 7 nitrogen and oxygen atoms in total. The second-order valence-corrected chi connectivity index (χ2v) is 5.44. The number of methoxy groups -OCH3 is 1. The first-order valence-electron chi connectivity index (χ1n) is 6.67. The van der Waals surface area contributed by atoms with Crippen LogP contribution in [0.2, 0.25) is 0 Å². The van der Waals surface area contributed by atoms with E-state index in [4.69, 9.17) is 9.84 Å². The Hall–Kier alpha value is -1.67. The lowest BCUT2D eigenvalue weighted by molar-refractivity contribution is -0.137. The van der Waals surface area contributed by atoms with E-state index in [0.717, 1.165) is 10.6 Å². The summed E-state index contributed by atoms with van der Waals surface area (Å²) < 4.78 is 5.02. The maximum Gasteiger partial charge on any atom is 0.317 e. The van der Waals surface area contributed by atoms with Gasteiger partial charge in [-0.05, 0) is 13.3 Å². The summed E-state index contributed by atoms with van der Waals surface area (Å²) in [5.74, 6) is -0.860. The van der Waals surface area contributed by atoms with Crippen LogP contribution in [0.1, 0.15) is 23.4 Å². The Morgan fingerprint density at radius 2 is 2.29 bits per heavy atom. The molecule has 118 valence electrons. The van der Waals surface area contributed by atoms with Crippen LogP contribution in [-0.4, -0.2) is 53.8 Å². The van der Waals surface area contributed by atoms with E-state index in [9.17, 15) is 9.59 Å². The van der Waals surface area contributed by atoms with Gasteiger partial charge < -0.3 is 20.1 Å². The van der Waals surface area contributed by atoms with Crippen LogP contribution in [0.15, 0.2) is 5.51 Å². The van der Waals surface area contributed by atoms with Crippen molar-refractivity contribution >= 4 is 23.3 Å². The van der Waals surface area contributed by atoms with Gasteiger partial charge in [-0.25, -0.2) is 9.78 Å². The largest absolute Gasteiger partial charge is 0.481 e. The highest BCUT2D eigenvalue weighted by Crippen LogP contribution is 2.15. The highest BCUT2D eigenvalue weighted by molar-refractivity contribution is 7.09. The molecule has 0 aliphatic carbocycles. The number of ether oxygens (including phenoxy) is 1. The van der Waals surface area contributed by atoms with Gasteiger partial charge in [0.1, 0.15) is 0 Å². The van der Waals surface area contributed by atoms with Crippen LogP contribution in [0.5, 0.6) is 0 Å². The molecule has 1 aromatic heterocycles. The molecule has 0 aliphatic rings. The summed E-state index contributed by atoms with van der Waals surface area (Å²) in [7, 11) is 1.58. The topological polar surface area (TPSA) is 91.8 Å². The monoisotopic (exact) mass is 315 g/mol. The third kappa shape index (κ3) is 6.54. The molecular formula is C13H21N3O4S. The number of thiazole rings is 1. The minimum Gasteiger partial charge on any atom is -0.481 e. The Kier molecular flexibility index (Phi) is 7.70. The fraction of sp³-hybridized carbons (Fsp3) is 0.615. The van der Waals surface area contributed by atoms with Crippen molar-refractivity contribution < 1.29 is 19.4 Å². The molecule has 21 heavy (non-hydrogen) atoms. The van der Waals surface area contributed by atoms with E-state index >= 15 is 0 Å².